The molecule has 0 fully saturated rings. The zero-order valence-corrected chi connectivity index (χ0v) is 17.5. The Kier molecular flexibility index (Phi) is 6.99. The van der Waals surface area contributed by atoms with Gasteiger partial charge in [0, 0.05) is 12.2 Å². The highest BCUT2D eigenvalue weighted by atomic mass is 16.5. The molecule has 30 heavy (non-hydrogen) atoms. The van der Waals surface area contributed by atoms with Gasteiger partial charge >= 0.3 is 5.97 Å². The van der Waals surface area contributed by atoms with E-state index >= 15 is 0 Å². The fourth-order valence-electron chi connectivity index (χ4n) is 3.34. The van der Waals surface area contributed by atoms with E-state index in [9.17, 15) is 9.59 Å². The Morgan fingerprint density at radius 3 is 2.40 bits per heavy atom. The molecular formula is C25H26N2O3. The first-order valence-corrected chi connectivity index (χ1v) is 9.78. The molecule has 0 aliphatic carbocycles. The first-order valence-electron chi connectivity index (χ1n) is 9.78. The summed E-state index contributed by atoms with van der Waals surface area (Å²) < 4.78 is 4.75. The average molecular weight is 402 g/mol. The summed E-state index contributed by atoms with van der Waals surface area (Å²) in [6.07, 6.45) is 0. The molecule has 3 rings (SSSR count). The number of carbonyl (C=O) groups is 2. The van der Waals surface area contributed by atoms with Crippen molar-refractivity contribution in [3.8, 4) is 11.1 Å². The molecule has 0 aromatic heterocycles. The van der Waals surface area contributed by atoms with E-state index in [1.807, 2.05) is 49.2 Å². The van der Waals surface area contributed by atoms with Crippen LogP contribution < -0.4 is 5.32 Å². The number of rotatable bonds is 7. The van der Waals surface area contributed by atoms with E-state index in [2.05, 4.69) is 29.6 Å². The maximum atomic E-state index is 12.6. The molecular weight excluding hydrogens is 376 g/mol. The van der Waals surface area contributed by atoms with Crippen molar-refractivity contribution in [2.75, 3.05) is 26.0 Å². The molecule has 3 aromatic carbocycles. The molecule has 3 aromatic rings. The third kappa shape index (κ3) is 5.33. The zero-order chi connectivity index (χ0) is 21.5. The number of amides is 1. The van der Waals surface area contributed by atoms with Gasteiger partial charge in [0.2, 0.25) is 5.91 Å². The number of ether oxygens (including phenoxy) is 1. The van der Waals surface area contributed by atoms with Crippen molar-refractivity contribution in [2.45, 2.75) is 13.5 Å². The van der Waals surface area contributed by atoms with E-state index in [1.54, 1.807) is 18.2 Å². The fraction of sp³-hybridized carbons (Fsp3) is 0.200. The molecule has 0 radical (unpaired) electrons. The van der Waals surface area contributed by atoms with Crippen LogP contribution in [-0.4, -0.2) is 37.5 Å². The summed E-state index contributed by atoms with van der Waals surface area (Å²) in [6.45, 7) is 2.75. The van der Waals surface area contributed by atoms with Crippen LogP contribution in [0.15, 0.2) is 72.8 Å². The molecule has 0 unspecified atom stereocenters. The zero-order valence-electron chi connectivity index (χ0n) is 17.5. The van der Waals surface area contributed by atoms with E-state index in [0.29, 0.717) is 17.8 Å². The van der Waals surface area contributed by atoms with Gasteiger partial charge in [-0.25, -0.2) is 4.79 Å². The minimum Gasteiger partial charge on any atom is -0.465 e. The van der Waals surface area contributed by atoms with E-state index in [1.165, 1.54) is 7.11 Å². The molecule has 0 aliphatic rings. The van der Waals surface area contributed by atoms with E-state index in [4.69, 9.17) is 4.74 Å². The molecule has 0 atom stereocenters. The predicted molar refractivity (Wildman–Crippen MR) is 119 cm³/mol. The van der Waals surface area contributed by atoms with E-state index in [0.717, 1.165) is 22.3 Å². The van der Waals surface area contributed by atoms with Crippen molar-refractivity contribution < 1.29 is 14.3 Å². The summed E-state index contributed by atoms with van der Waals surface area (Å²) in [7, 11) is 3.25. The quantitative estimate of drug-likeness (QED) is 0.591. The summed E-state index contributed by atoms with van der Waals surface area (Å²) in [5, 5.41) is 2.90. The summed E-state index contributed by atoms with van der Waals surface area (Å²) in [6, 6.07) is 23.6. The van der Waals surface area contributed by atoms with Crippen molar-refractivity contribution in [2.24, 2.45) is 0 Å². The molecule has 5 nitrogen and oxygen atoms in total. The van der Waals surface area contributed by atoms with Crippen LogP contribution in [0.4, 0.5) is 5.69 Å². The van der Waals surface area contributed by atoms with Gasteiger partial charge in [-0.1, -0.05) is 60.7 Å². The number of methoxy groups -OCH3 is 1. The van der Waals surface area contributed by atoms with Crippen molar-refractivity contribution in [1.29, 1.82) is 0 Å². The Morgan fingerprint density at radius 1 is 0.967 bits per heavy atom. The lowest BCUT2D eigenvalue weighted by Crippen LogP contribution is -2.30. The first-order chi connectivity index (χ1) is 14.5. The minimum absolute atomic E-state index is 0.139. The molecule has 1 N–H and O–H groups in total. The lowest BCUT2D eigenvalue weighted by atomic mass is 9.99. The summed E-state index contributed by atoms with van der Waals surface area (Å²) >= 11 is 0. The van der Waals surface area contributed by atoms with Gasteiger partial charge in [0.05, 0.1) is 19.2 Å². The SMILES string of the molecule is COC(=O)c1ccc(C)c(NC(=O)CN(C)Cc2ccccc2-c2ccccc2)c1. The Morgan fingerprint density at radius 2 is 1.67 bits per heavy atom. The van der Waals surface area contributed by atoms with Crippen LogP contribution >= 0.6 is 0 Å². The predicted octanol–water partition coefficient (Wildman–Crippen LogP) is 4.52. The second-order valence-electron chi connectivity index (χ2n) is 7.26. The van der Waals surface area contributed by atoms with Crippen molar-refractivity contribution in [3.05, 3.63) is 89.5 Å². The fourth-order valence-corrected chi connectivity index (χ4v) is 3.34. The number of esters is 1. The van der Waals surface area contributed by atoms with Crippen molar-refractivity contribution >= 4 is 17.6 Å². The van der Waals surface area contributed by atoms with E-state index in [-0.39, 0.29) is 12.5 Å². The number of hydrogen-bond donors (Lipinski definition) is 1. The number of likely N-dealkylation sites (N-methyl/N-ethyl adjacent to an activating group) is 1. The molecule has 0 saturated heterocycles. The second-order valence-corrected chi connectivity index (χ2v) is 7.26. The van der Waals surface area contributed by atoms with Gasteiger partial charge in [-0.05, 0) is 48.4 Å². The Hall–Kier alpha value is -3.44. The van der Waals surface area contributed by atoms with Crippen LogP contribution in [0.5, 0.6) is 0 Å². The lowest BCUT2D eigenvalue weighted by molar-refractivity contribution is -0.117. The summed E-state index contributed by atoms with van der Waals surface area (Å²) in [5.74, 6) is -0.569. The Balaban J connectivity index is 1.67. The Labute approximate surface area is 177 Å². The van der Waals surface area contributed by atoms with Gasteiger partial charge < -0.3 is 10.1 Å². The number of hydrogen-bond acceptors (Lipinski definition) is 4. The minimum atomic E-state index is -0.430. The van der Waals surface area contributed by atoms with Crippen LogP contribution in [0, 0.1) is 6.92 Å². The van der Waals surface area contributed by atoms with Crippen LogP contribution in [0.3, 0.4) is 0 Å². The number of nitrogens with one attached hydrogen (secondary N) is 1. The molecule has 154 valence electrons. The smallest absolute Gasteiger partial charge is 0.337 e. The van der Waals surface area contributed by atoms with Gasteiger partial charge in [0.25, 0.3) is 0 Å². The summed E-state index contributed by atoms with van der Waals surface area (Å²) in [5.41, 5.74) is 5.37. The molecule has 0 saturated carbocycles. The highest BCUT2D eigenvalue weighted by Gasteiger charge is 2.13. The second kappa shape index (κ2) is 9.85. The van der Waals surface area contributed by atoms with Gasteiger partial charge in [0.15, 0.2) is 0 Å². The molecule has 0 spiro atoms. The largest absolute Gasteiger partial charge is 0.465 e. The summed E-state index contributed by atoms with van der Waals surface area (Å²) in [4.78, 5) is 26.3. The van der Waals surface area contributed by atoms with Crippen molar-refractivity contribution in [1.82, 2.24) is 4.90 Å². The third-order valence-electron chi connectivity index (χ3n) is 4.89. The number of carbonyl (C=O) groups excluding carboxylic acids is 2. The van der Waals surface area contributed by atoms with Gasteiger partial charge in [-0.3, -0.25) is 9.69 Å². The average Bonchev–Trinajstić information content (AvgIpc) is 2.75. The molecule has 5 heteroatoms. The Bertz CT molecular complexity index is 1030. The molecule has 0 heterocycles. The normalized spacial score (nSPS) is 10.7. The maximum Gasteiger partial charge on any atom is 0.337 e. The van der Waals surface area contributed by atoms with Crippen LogP contribution in [-0.2, 0) is 16.1 Å². The van der Waals surface area contributed by atoms with Crippen LogP contribution in [0.1, 0.15) is 21.5 Å². The van der Waals surface area contributed by atoms with Gasteiger partial charge in [-0.2, -0.15) is 0 Å². The maximum absolute atomic E-state index is 12.6. The van der Waals surface area contributed by atoms with Crippen LogP contribution in [0.25, 0.3) is 11.1 Å². The highest BCUT2D eigenvalue weighted by Crippen LogP contribution is 2.24. The number of anilines is 1. The topological polar surface area (TPSA) is 58.6 Å². The number of nitrogens with zero attached hydrogens (tertiary/aromatic N) is 1. The standard InChI is InChI=1S/C25H26N2O3/c1-18-13-14-20(25(29)30-3)15-23(18)26-24(28)17-27(2)16-21-11-7-8-12-22(21)19-9-5-4-6-10-19/h4-15H,16-17H2,1-3H3,(H,26,28). The first kappa shape index (κ1) is 21.3. The lowest BCUT2D eigenvalue weighted by Gasteiger charge is -2.19. The monoisotopic (exact) mass is 402 g/mol. The van der Waals surface area contributed by atoms with Crippen molar-refractivity contribution in [3.63, 3.8) is 0 Å². The highest BCUT2D eigenvalue weighted by molar-refractivity contribution is 5.96. The number of aryl methyl sites for hydroxylation is 1. The van der Waals surface area contributed by atoms with Crippen LogP contribution in [0.2, 0.25) is 0 Å². The van der Waals surface area contributed by atoms with E-state index < -0.39 is 5.97 Å². The van der Waals surface area contributed by atoms with Gasteiger partial charge in [0.1, 0.15) is 0 Å². The van der Waals surface area contributed by atoms with Gasteiger partial charge in [-0.15, -0.1) is 0 Å². The molecule has 0 bridgehead atoms. The third-order valence-corrected chi connectivity index (χ3v) is 4.89. The number of benzene rings is 3. The molecule has 1 amide bonds. The molecule has 0 aliphatic heterocycles.